The van der Waals surface area contributed by atoms with Gasteiger partial charge >= 0.3 is 0 Å². The number of benzene rings is 1. The number of aliphatic hydroxyl groups is 1. The molecule has 2 aliphatic rings. The molecule has 0 aliphatic carbocycles. The fourth-order valence-corrected chi connectivity index (χ4v) is 4.19. The number of ether oxygens (including phenoxy) is 1. The van der Waals surface area contributed by atoms with Crippen LogP contribution >= 0.6 is 0 Å². The van der Waals surface area contributed by atoms with E-state index in [1.165, 1.54) is 29.7 Å². The van der Waals surface area contributed by atoms with Gasteiger partial charge in [-0.1, -0.05) is 6.07 Å². The number of hydrogen-bond donors (Lipinski definition) is 1. The molecule has 24 heavy (non-hydrogen) atoms. The summed E-state index contributed by atoms with van der Waals surface area (Å²) in [6.07, 6.45) is 5.42. The van der Waals surface area contributed by atoms with Crippen molar-refractivity contribution in [1.29, 1.82) is 0 Å². The third-order valence-electron chi connectivity index (χ3n) is 5.33. The number of aliphatic hydroxyl groups excluding tert-OH is 1. The van der Waals surface area contributed by atoms with E-state index in [2.05, 4.69) is 27.0 Å². The summed E-state index contributed by atoms with van der Waals surface area (Å²) in [6.45, 7) is 2.85. The van der Waals surface area contributed by atoms with Crippen LogP contribution in [0.3, 0.4) is 0 Å². The van der Waals surface area contributed by atoms with Crippen molar-refractivity contribution < 1.29 is 9.84 Å². The van der Waals surface area contributed by atoms with Crippen LogP contribution in [0.1, 0.15) is 47.1 Å². The summed E-state index contributed by atoms with van der Waals surface area (Å²) >= 11 is 0. The lowest BCUT2D eigenvalue weighted by atomic mass is 9.98. The maximum absolute atomic E-state index is 9.54. The van der Waals surface area contributed by atoms with E-state index < -0.39 is 0 Å². The molecule has 2 bridgehead atoms. The second kappa shape index (κ2) is 6.15. The Morgan fingerprint density at radius 1 is 1.33 bits per heavy atom. The zero-order chi connectivity index (χ0) is 16.7. The van der Waals surface area contributed by atoms with E-state index in [9.17, 15) is 5.11 Å². The first-order valence-corrected chi connectivity index (χ1v) is 8.54. The molecule has 0 unspecified atom stereocenters. The van der Waals surface area contributed by atoms with Crippen molar-refractivity contribution in [3.05, 3.63) is 52.6 Å². The van der Waals surface area contributed by atoms with Gasteiger partial charge in [-0.2, -0.15) is 0 Å². The first-order chi connectivity index (χ1) is 11.7. The van der Waals surface area contributed by atoms with Gasteiger partial charge in [0.1, 0.15) is 11.6 Å². The largest absolute Gasteiger partial charge is 0.496 e. The minimum absolute atomic E-state index is 0.000178. The van der Waals surface area contributed by atoms with E-state index in [1.54, 1.807) is 7.11 Å². The van der Waals surface area contributed by atoms with Crippen molar-refractivity contribution in [2.75, 3.05) is 7.11 Å². The molecule has 1 saturated heterocycles. The van der Waals surface area contributed by atoms with E-state index in [-0.39, 0.29) is 6.61 Å². The van der Waals surface area contributed by atoms with Crippen LogP contribution in [0.2, 0.25) is 0 Å². The summed E-state index contributed by atoms with van der Waals surface area (Å²) in [5.74, 6) is 1.61. The second-order valence-electron chi connectivity index (χ2n) is 6.75. The third kappa shape index (κ3) is 2.58. The van der Waals surface area contributed by atoms with Crippen molar-refractivity contribution in [2.45, 2.75) is 51.4 Å². The highest BCUT2D eigenvalue weighted by molar-refractivity contribution is 5.37. The van der Waals surface area contributed by atoms with Crippen LogP contribution in [-0.2, 0) is 19.6 Å². The highest BCUT2D eigenvalue weighted by Crippen LogP contribution is 2.43. The summed E-state index contributed by atoms with van der Waals surface area (Å²) in [4.78, 5) is 11.6. The Morgan fingerprint density at radius 3 is 3.00 bits per heavy atom. The Kier molecular flexibility index (Phi) is 3.98. The minimum Gasteiger partial charge on any atom is -0.496 e. The van der Waals surface area contributed by atoms with Crippen LogP contribution in [0.4, 0.5) is 0 Å². The van der Waals surface area contributed by atoms with E-state index in [1.807, 2.05) is 19.2 Å². The molecule has 2 atom stereocenters. The quantitative estimate of drug-likeness (QED) is 0.936. The molecule has 0 spiro atoms. The SMILES string of the molecule is COc1ccc(CN2[C@H]3CC[C@@H]2c2cnc(C)nc2C3)cc1CO. The van der Waals surface area contributed by atoms with Crippen molar-refractivity contribution in [1.82, 2.24) is 14.9 Å². The van der Waals surface area contributed by atoms with Gasteiger partial charge in [-0.25, -0.2) is 9.97 Å². The number of rotatable bonds is 4. The van der Waals surface area contributed by atoms with Gasteiger partial charge < -0.3 is 9.84 Å². The maximum atomic E-state index is 9.54. The molecule has 126 valence electrons. The van der Waals surface area contributed by atoms with E-state index in [4.69, 9.17) is 4.74 Å². The molecule has 1 fully saturated rings. The lowest BCUT2D eigenvalue weighted by molar-refractivity contribution is 0.166. The standard InChI is InChI=1S/C19H23N3O2/c1-12-20-9-16-17(21-12)8-15-4-5-18(16)22(15)10-13-3-6-19(24-2)14(7-13)11-23/h3,6-7,9,15,18,23H,4-5,8,10-11H2,1-2H3/t15-,18+/m0/s1. The Balaban J connectivity index is 1.61. The smallest absolute Gasteiger partial charge is 0.125 e. The number of aryl methyl sites for hydroxylation is 1. The molecule has 0 amide bonds. The Labute approximate surface area is 142 Å². The van der Waals surface area contributed by atoms with Gasteiger partial charge in [-0.3, -0.25) is 4.90 Å². The normalized spacial score (nSPS) is 22.5. The van der Waals surface area contributed by atoms with Crippen LogP contribution in [0.25, 0.3) is 0 Å². The first kappa shape index (κ1) is 15.5. The summed E-state index contributed by atoms with van der Waals surface area (Å²) in [7, 11) is 1.64. The minimum atomic E-state index is -0.000178. The first-order valence-electron chi connectivity index (χ1n) is 8.54. The predicted molar refractivity (Wildman–Crippen MR) is 90.7 cm³/mol. The topological polar surface area (TPSA) is 58.5 Å². The molecule has 4 rings (SSSR count). The summed E-state index contributed by atoms with van der Waals surface area (Å²) in [5, 5.41) is 9.54. The number of aromatic nitrogens is 2. The van der Waals surface area contributed by atoms with E-state index >= 15 is 0 Å². The highest BCUT2D eigenvalue weighted by atomic mass is 16.5. The van der Waals surface area contributed by atoms with Crippen LogP contribution in [0.5, 0.6) is 5.75 Å². The second-order valence-corrected chi connectivity index (χ2v) is 6.75. The van der Waals surface area contributed by atoms with Gasteiger partial charge in [0.15, 0.2) is 0 Å². The zero-order valence-corrected chi connectivity index (χ0v) is 14.2. The van der Waals surface area contributed by atoms with E-state index in [0.717, 1.165) is 30.1 Å². The Bertz CT molecular complexity index is 762. The molecule has 1 N–H and O–H groups in total. The fraction of sp³-hybridized carbons (Fsp3) is 0.474. The van der Waals surface area contributed by atoms with Crippen molar-refractivity contribution in [3.8, 4) is 5.75 Å². The van der Waals surface area contributed by atoms with Gasteiger partial charge in [-0.15, -0.1) is 0 Å². The molecule has 1 aromatic heterocycles. The lowest BCUT2D eigenvalue weighted by Crippen LogP contribution is -2.37. The van der Waals surface area contributed by atoms with Gasteiger partial charge in [-0.05, 0) is 37.5 Å². The maximum Gasteiger partial charge on any atom is 0.125 e. The number of methoxy groups -OCH3 is 1. The molecule has 1 aromatic carbocycles. The molecule has 0 radical (unpaired) electrons. The molecule has 5 heteroatoms. The molecular formula is C19H23N3O2. The molecule has 5 nitrogen and oxygen atoms in total. The average Bonchev–Trinajstić information content (AvgIpc) is 2.87. The Morgan fingerprint density at radius 2 is 2.21 bits per heavy atom. The third-order valence-corrected chi connectivity index (χ3v) is 5.33. The highest BCUT2D eigenvalue weighted by Gasteiger charge is 2.40. The summed E-state index contributed by atoms with van der Waals surface area (Å²) < 4.78 is 5.30. The monoisotopic (exact) mass is 325 g/mol. The number of fused-ring (bicyclic) bond motifs is 4. The lowest BCUT2D eigenvalue weighted by Gasteiger charge is -2.35. The summed E-state index contributed by atoms with van der Waals surface area (Å²) in [6, 6.07) is 7.07. The predicted octanol–water partition coefficient (Wildman–Crippen LogP) is 2.55. The zero-order valence-electron chi connectivity index (χ0n) is 14.2. The molecule has 0 saturated carbocycles. The van der Waals surface area contributed by atoms with Crippen LogP contribution in [-0.4, -0.2) is 33.1 Å². The molecule has 2 aromatic rings. The fourth-order valence-electron chi connectivity index (χ4n) is 4.19. The van der Waals surface area contributed by atoms with Crippen LogP contribution in [0, 0.1) is 6.92 Å². The molecular weight excluding hydrogens is 302 g/mol. The van der Waals surface area contributed by atoms with Gasteiger partial charge in [0, 0.05) is 42.4 Å². The molecule has 2 aliphatic heterocycles. The average molecular weight is 325 g/mol. The van der Waals surface area contributed by atoms with Crippen molar-refractivity contribution in [3.63, 3.8) is 0 Å². The Hall–Kier alpha value is -1.98. The number of nitrogens with zero attached hydrogens (tertiary/aromatic N) is 3. The van der Waals surface area contributed by atoms with Gasteiger partial charge in [0.25, 0.3) is 0 Å². The number of hydrogen-bond acceptors (Lipinski definition) is 5. The van der Waals surface area contributed by atoms with Crippen LogP contribution in [0.15, 0.2) is 24.4 Å². The van der Waals surface area contributed by atoms with Crippen molar-refractivity contribution in [2.24, 2.45) is 0 Å². The molecule has 3 heterocycles. The van der Waals surface area contributed by atoms with Crippen molar-refractivity contribution >= 4 is 0 Å². The van der Waals surface area contributed by atoms with Crippen LogP contribution < -0.4 is 4.74 Å². The van der Waals surface area contributed by atoms with E-state index in [0.29, 0.717) is 12.1 Å². The van der Waals surface area contributed by atoms with Gasteiger partial charge in [0.2, 0.25) is 0 Å². The summed E-state index contributed by atoms with van der Waals surface area (Å²) in [5.41, 5.74) is 4.59. The van der Waals surface area contributed by atoms with Gasteiger partial charge in [0.05, 0.1) is 19.4 Å².